The molecule has 0 saturated carbocycles. The molecule has 4 nitrogen and oxygen atoms in total. The Kier molecular flexibility index (Phi) is 3.91. The predicted octanol–water partition coefficient (Wildman–Crippen LogP) is 1.51. The van der Waals surface area contributed by atoms with Gasteiger partial charge in [-0.3, -0.25) is 4.79 Å². The van der Waals surface area contributed by atoms with Crippen LogP contribution in [-0.2, 0) is 4.79 Å². The number of hydrogen-bond acceptors (Lipinski definition) is 2. The molecule has 0 fully saturated rings. The second-order valence-corrected chi connectivity index (χ2v) is 3.52. The molecule has 1 aromatic heterocycles. The number of H-pyrrole nitrogens is 1. The fraction of sp³-hybridized carbons (Fsp3) is 0.400. The van der Waals surface area contributed by atoms with Gasteiger partial charge in [-0.25, -0.2) is 5.43 Å². The molecule has 1 rings (SSSR count). The summed E-state index contributed by atoms with van der Waals surface area (Å²) in [5, 5.41) is 3.81. The number of rotatable bonds is 4. The number of nitrogens with zero attached hydrogens (tertiary/aromatic N) is 1. The third kappa shape index (κ3) is 3.89. The first kappa shape index (κ1) is 10.5. The topological polar surface area (TPSA) is 57.2 Å². The average Bonchev–Trinajstić information content (AvgIpc) is 2.55. The van der Waals surface area contributed by atoms with Crippen molar-refractivity contribution in [3.05, 3.63) is 24.0 Å². The largest absolute Gasteiger partial charge is 0.360 e. The minimum Gasteiger partial charge on any atom is -0.360 e. The summed E-state index contributed by atoms with van der Waals surface area (Å²) in [5.74, 6) is 0.304. The second-order valence-electron chi connectivity index (χ2n) is 3.52. The van der Waals surface area contributed by atoms with Gasteiger partial charge < -0.3 is 4.98 Å². The van der Waals surface area contributed by atoms with Crippen molar-refractivity contribution in [2.75, 3.05) is 0 Å². The number of hydrogen-bond donors (Lipinski definition) is 2. The minimum atomic E-state index is -0.0530. The monoisotopic (exact) mass is 193 g/mol. The molecule has 1 heterocycles. The number of carbonyl (C=O) groups excluding carboxylic acids is 1. The number of aromatic amines is 1. The fourth-order valence-electron chi connectivity index (χ4n) is 1.01. The Hall–Kier alpha value is -1.58. The Morgan fingerprint density at radius 2 is 2.50 bits per heavy atom. The lowest BCUT2D eigenvalue weighted by atomic mass is 10.1. The van der Waals surface area contributed by atoms with Crippen molar-refractivity contribution in [3.63, 3.8) is 0 Å². The van der Waals surface area contributed by atoms with Crippen molar-refractivity contribution < 1.29 is 4.79 Å². The summed E-state index contributed by atoms with van der Waals surface area (Å²) >= 11 is 0. The van der Waals surface area contributed by atoms with Crippen LogP contribution in [0, 0.1) is 5.92 Å². The van der Waals surface area contributed by atoms with E-state index in [0.717, 1.165) is 5.69 Å². The van der Waals surface area contributed by atoms with Gasteiger partial charge in [0.25, 0.3) is 0 Å². The first-order valence-corrected chi connectivity index (χ1v) is 4.64. The average molecular weight is 193 g/mol. The first-order valence-electron chi connectivity index (χ1n) is 4.64. The van der Waals surface area contributed by atoms with Crippen molar-refractivity contribution in [1.82, 2.24) is 10.4 Å². The van der Waals surface area contributed by atoms with Gasteiger partial charge in [0.1, 0.15) is 0 Å². The van der Waals surface area contributed by atoms with Crippen LogP contribution in [0.1, 0.15) is 26.0 Å². The summed E-state index contributed by atoms with van der Waals surface area (Å²) in [7, 11) is 0. The Labute approximate surface area is 83.4 Å². The maximum atomic E-state index is 11.1. The van der Waals surface area contributed by atoms with Gasteiger partial charge in [0, 0.05) is 12.6 Å². The van der Waals surface area contributed by atoms with Crippen molar-refractivity contribution in [2.24, 2.45) is 11.0 Å². The third-order valence-electron chi connectivity index (χ3n) is 1.61. The van der Waals surface area contributed by atoms with Gasteiger partial charge in [0.2, 0.25) is 5.91 Å². The number of amides is 1. The molecule has 0 aliphatic carbocycles. The molecule has 4 heteroatoms. The molecule has 0 radical (unpaired) electrons. The van der Waals surface area contributed by atoms with E-state index in [0.29, 0.717) is 12.3 Å². The third-order valence-corrected chi connectivity index (χ3v) is 1.61. The molecular weight excluding hydrogens is 178 g/mol. The number of aromatic nitrogens is 1. The smallest absolute Gasteiger partial charge is 0.240 e. The van der Waals surface area contributed by atoms with E-state index in [1.54, 1.807) is 12.4 Å². The molecular formula is C10H15N3O. The van der Waals surface area contributed by atoms with Crippen LogP contribution in [0.2, 0.25) is 0 Å². The Morgan fingerprint density at radius 3 is 3.07 bits per heavy atom. The highest BCUT2D eigenvalue weighted by atomic mass is 16.2. The van der Waals surface area contributed by atoms with Gasteiger partial charge in [-0.1, -0.05) is 13.8 Å². The molecule has 0 aromatic carbocycles. The molecule has 2 N–H and O–H groups in total. The van der Waals surface area contributed by atoms with Crippen LogP contribution in [0.4, 0.5) is 0 Å². The maximum absolute atomic E-state index is 11.1. The molecule has 14 heavy (non-hydrogen) atoms. The summed E-state index contributed by atoms with van der Waals surface area (Å²) in [6, 6.07) is 3.75. The number of nitrogens with one attached hydrogen (secondary N) is 2. The van der Waals surface area contributed by atoms with Crippen molar-refractivity contribution in [1.29, 1.82) is 0 Å². The van der Waals surface area contributed by atoms with E-state index in [9.17, 15) is 4.79 Å². The molecule has 1 aromatic rings. The van der Waals surface area contributed by atoms with Crippen LogP contribution in [0.3, 0.4) is 0 Å². The van der Waals surface area contributed by atoms with E-state index < -0.39 is 0 Å². The van der Waals surface area contributed by atoms with E-state index in [4.69, 9.17) is 0 Å². The summed E-state index contributed by atoms with van der Waals surface area (Å²) in [6.45, 7) is 3.99. The summed E-state index contributed by atoms with van der Waals surface area (Å²) in [5.41, 5.74) is 3.33. The Balaban J connectivity index is 2.30. The fourth-order valence-corrected chi connectivity index (χ4v) is 1.01. The van der Waals surface area contributed by atoms with Crippen molar-refractivity contribution >= 4 is 12.1 Å². The van der Waals surface area contributed by atoms with E-state index in [1.165, 1.54) is 0 Å². The van der Waals surface area contributed by atoms with E-state index in [-0.39, 0.29) is 5.91 Å². The SMILES string of the molecule is CC(C)CC(=O)NN=Cc1ccc[nH]1. The van der Waals surface area contributed by atoms with E-state index in [2.05, 4.69) is 15.5 Å². The Bertz CT molecular complexity index is 301. The van der Waals surface area contributed by atoms with Crippen molar-refractivity contribution in [2.45, 2.75) is 20.3 Å². The lowest BCUT2D eigenvalue weighted by Gasteiger charge is -2.01. The zero-order valence-electron chi connectivity index (χ0n) is 8.45. The lowest BCUT2D eigenvalue weighted by molar-refractivity contribution is -0.121. The molecule has 0 aliphatic heterocycles. The summed E-state index contributed by atoms with van der Waals surface area (Å²) in [6.07, 6.45) is 3.89. The van der Waals surface area contributed by atoms with Crippen LogP contribution < -0.4 is 5.43 Å². The van der Waals surface area contributed by atoms with Gasteiger partial charge in [0.05, 0.1) is 11.9 Å². The van der Waals surface area contributed by atoms with Crippen LogP contribution in [-0.4, -0.2) is 17.1 Å². The maximum Gasteiger partial charge on any atom is 0.240 e. The van der Waals surface area contributed by atoms with Gasteiger partial charge in [-0.2, -0.15) is 5.10 Å². The lowest BCUT2D eigenvalue weighted by Crippen LogP contribution is -2.19. The van der Waals surface area contributed by atoms with Crippen LogP contribution >= 0.6 is 0 Å². The van der Waals surface area contributed by atoms with Crippen molar-refractivity contribution in [3.8, 4) is 0 Å². The quantitative estimate of drug-likeness (QED) is 0.552. The number of carbonyl (C=O) groups is 1. The molecule has 0 aliphatic rings. The van der Waals surface area contributed by atoms with Gasteiger partial charge in [0.15, 0.2) is 0 Å². The molecule has 0 spiro atoms. The molecule has 0 unspecified atom stereocenters. The summed E-state index contributed by atoms with van der Waals surface area (Å²) in [4.78, 5) is 14.1. The highest BCUT2D eigenvalue weighted by molar-refractivity contribution is 5.80. The second kappa shape index (κ2) is 5.21. The van der Waals surface area contributed by atoms with E-state index in [1.807, 2.05) is 26.0 Å². The predicted molar refractivity (Wildman–Crippen MR) is 56.0 cm³/mol. The van der Waals surface area contributed by atoms with Gasteiger partial charge in [-0.15, -0.1) is 0 Å². The van der Waals surface area contributed by atoms with Gasteiger partial charge >= 0.3 is 0 Å². The first-order chi connectivity index (χ1) is 6.68. The molecule has 0 saturated heterocycles. The zero-order valence-corrected chi connectivity index (χ0v) is 8.45. The standard InChI is InChI=1S/C10H15N3O/c1-8(2)6-10(14)13-12-7-9-4-3-5-11-9/h3-5,7-8,11H,6H2,1-2H3,(H,13,14). The zero-order chi connectivity index (χ0) is 10.4. The molecule has 0 atom stereocenters. The minimum absolute atomic E-state index is 0.0530. The molecule has 76 valence electrons. The molecule has 1 amide bonds. The summed E-state index contributed by atoms with van der Waals surface area (Å²) < 4.78 is 0. The van der Waals surface area contributed by atoms with Crippen LogP contribution in [0.5, 0.6) is 0 Å². The van der Waals surface area contributed by atoms with E-state index >= 15 is 0 Å². The number of hydrazone groups is 1. The van der Waals surface area contributed by atoms with Crippen LogP contribution in [0.25, 0.3) is 0 Å². The normalized spacial score (nSPS) is 11.1. The molecule has 0 bridgehead atoms. The van der Waals surface area contributed by atoms with Crippen LogP contribution in [0.15, 0.2) is 23.4 Å². The Morgan fingerprint density at radius 1 is 1.71 bits per heavy atom. The highest BCUT2D eigenvalue weighted by Gasteiger charge is 2.01. The van der Waals surface area contributed by atoms with Gasteiger partial charge in [-0.05, 0) is 18.1 Å². The highest BCUT2D eigenvalue weighted by Crippen LogP contribution is 1.97.